The molecule has 0 saturated carbocycles. The highest BCUT2D eigenvalue weighted by Gasteiger charge is 2.21. The SMILES string of the molecule is COC(=O)c1ccccc1NC(=O)C[C@H](NS(C)(=O)=O)c1ccc(OC)cc1. The number of sulfonamides is 1. The Balaban J connectivity index is 2.22. The molecule has 2 N–H and O–H groups in total. The third-order valence-electron chi connectivity index (χ3n) is 3.87. The molecular weight excluding hydrogens is 384 g/mol. The summed E-state index contributed by atoms with van der Waals surface area (Å²) in [6, 6.07) is 12.3. The molecule has 0 aliphatic carbocycles. The number of esters is 1. The fourth-order valence-corrected chi connectivity index (χ4v) is 3.33. The molecule has 0 saturated heterocycles. The molecule has 2 aromatic rings. The lowest BCUT2D eigenvalue weighted by molar-refractivity contribution is -0.116. The number of anilines is 1. The number of para-hydroxylation sites is 1. The van der Waals surface area contributed by atoms with Gasteiger partial charge in [-0.3, -0.25) is 4.79 Å². The maximum atomic E-state index is 12.5. The van der Waals surface area contributed by atoms with E-state index in [1.165, 1.54) is 20.3 Å². The molecular formula is C19H22N2O6S. The van der Waals surface area contributed by atoms with Crippen LogP contribution in [0, 0.1) is 0 Å². The van der Waals surface area contributed by atoms with Crippen LogP contribution in [-0.2, 0) is 19.6 Å². The summed E-state index contributed by atoms with van der Waals surface area (Å²) in [6.07, 6.45) is 0.850. The Bertz CT molecular complexity index is 941. The summed E-state index contributed by atoms with van der Waals surface area (Å²) in [6.45, 7) is 0. The number of hydrogen-bond donors (Lipinski definition) is 2. The van der Waals surface area contributed by atoms with Gasteiger partial charge in [0.15, 0.2) is 0 Å². The monoisotopic (exact) mass is 406 g/mol. The normalized spacial score (nSPS) is 12.1. The highest BCUT2D eigenvalue weighted by molar-refractivity contribution is 7.88. The highest BCUT2D eigenvalue weighted by Crippen LogP contribution is 2.23. The number of benzene rings is 2. The lowest BCUT2D eigenvalue weighted by atomic mass is 10.0. The van der Waals surface area contributed by atoms with Gasteiger partial charge in [-0.15, -0.1) is 0 Å². The van der Waals surface area contributed by atoms with Crippen LogP contribution in [0.15, 0.2) is 48.5 Å². The van der Waals surface area contributed by atoms with E-state index in [2.05, 4.69) is 10.0 Å². The Morgan fingerprint density at radius 3 is 2.25 bits per heavy atom. The summed E-state index contributed by atoms with van der Waals surface area (Å²) in [7, 11) is -0.799. The van der Waals surface area contributed by atoms with E-state index in [4.69, 9.17) is 9.47 Å². The average molecular weight is 406 g/mol. The first kappa shape index (κ1) is 21.4. The third kappa shape index (κ3) is 6.07. The summed E-state index contributed by atoms with van der Waals surface area (Å²) in [5.41, 5.74) is 1.09. The number of carbonyl (C=O) groups excluding carboxylic acids is 2. The van der Waals surface area contributed by atoms with Gasteiger partial charge in [0.05, 0.1) is 37.8 Å². The third-order valence-corrected chi connectivity index (χ3v) is 4.58. The maximum Gasteiger partial charge on any atom is 0.339 e. The number of ether oxygens (including phenoxy) is 2. The lowest BCUT2D eigenvalue weighted by Crippen LogP contribution is -2.31. The van der Waals surface area contributed by atoms with Crippen molar-refractivity contribution in [3.8, 4) is 5.75 Å². The molecule has 2 rings (SSSR count). The van der Waals surface area contributed by atoms with Gasteiger partial charge in [-0.05, 0) is 29.8 Å². The summed E-state index contributed by atoms with van der Waals surface area (Å²) in [5, 5.41) is 2.64. The first-order valence-corrected chi connectivity index (χ1v) is 10.2. The van der Waals surface area contributed by atoms with Gasteiger partial charge in [0.2, 0.25) is 15.9 Å². The van der Waals surface area contributed by atoms with Crippen molar-refractivity contribution in [2.24, 2.45) is 0 Å². The minimum absolute atomic E-state index is 0.172. The Hall–Kier alpha value is -2.91. The van der Waals surface area contributed by atoms with Crippen LogP contribution < -0.4 is 14.8 Å². The zero-order valence-electron chi connectivity index (χ0n) is 15.8. The number of carbonyl (C=O) groups is 2. The van der Waals surface area contributed by atoms with E-state index in [-0.39, 0.29) is 17.7 Å². The number of methoxy groups -OCH3 is 2. The van der Waals surface area contributed by atoms with Crippen molar-refractivity contribution in [2.75, 3.05) is 25.8 Å². The van der Waals surface area contributed by atoms with Crippen molar-refractivity contribution in [1.82, 2.24) is 4.72 Å². The molecule has 0 aromatic heterocycles. The first-order valence-electron chi connectivity index (χ1n) is 8.32. The topological polar surface area (TPSA) is 111 Å². The second-order valence-electron chi connectivity index (χ2n) is 6.01. The van der Waals surface area contributed by atoms with Gasteiger partial charge < -0.3 is 14.8 Å². The summed E-state index contributed by atoms with van der Waals surface area (Å²) < 4.78 is 35.7. The van der Waals surface area contributed by atoms with Crippen LogP contribution in [0.1, 0.15) is 28.4 Å². The van der Waals surface area contributed by atoms with Gasteiger partial charge in [0, 0.05) is 6.42 Å². The van der Waals surface area contributed by atoms with Crippen LogP contribution in [0.25, 0.3) is 0 Å². The van der Waals surface area contributed by atoms with Gasteiger partial charge in [-0.25, -0.2) is 17.9 Å². The quantitative estimate of drug-likeness (QED) is 0.650. The van der Waals surface area contributed by atoms with Crippen molar-refractivity contribution in [3.05, 3.63) is 59.7 Å². The van der Waals surface area contributed by atoms with Gasteiger partial charge in [0.1, 0.15) is 5.75 Å². The predicted molar refractivity (Wildman–Crippen MR) is 105 cm³/mol. The van der Waals surface area contributed by atoms with Crippen molar-refractivity contribution >= 4 is 27.6 Å². The Kier molecular flexibility index (Phi) is 7.13. The number of nitrogens with one attached hydrogen (secondary N) is 2. The van der Waals surface area contributed by atoms with Crippen LogP contribution in [0.4, 0.5) is 5.69 Å². The molecule has 0 radical (unpaired) electrons. The van der Waals surface area contributed by atoms with E-state index in [9.17, 15) is 18.0 Å². The molecule has 0 bridgehead atoms. The molecule has 150 valence electrons. The first-order chi connectivity index (χ1) is 13.2. The minimum Gasteiger partial charge on any atom is -0.497 e. The minimum atomic E-state index is -3.57. The van der Waals surface area contributed by atoms with Crippen LogP contribution in [0.2, 0.25) is 0 Å². The van der Waals surface area contributed by atoms with E-state index in [0.29, 0.717) is 11.3 Å². The summed E-state index contributed by atoms with van der Waals surface area (Å²) >= 11 is 0. The van der Waals surface area contributed by atoms with Gasteiger partial charge in [-0.2, -0.15) is 0 Å². The number of hydrogen-bond acceptors (Lipinski definition) is 6. The second-order valence-corrected chi connectivity index (χ2v) is 7.79. The van der Waals surface area contributed by atoms with E-state index in [1.54, 1.807) is 42.5 Å². The second kappa shape index (κ2) is 9.34. The Morgan fingerprint density at radius 1 is 1.04 bits per heavy atom. The van der Waals surface area contributed by atoms with E-state index >= 15 is 0 Å². The zero-order chi connectivity index (χ0) is 20.7. The van der Waals surface area contributed by atoms with Gasteiger partial charge in [0.25, 0.3) is 0 Å². The predicted octanol–water partition coefficient (Wildman–Crippen LogP) is 2.10. The molecule has 0 heterocycles. The van der Waals surface area contributed by atoms with Crippen LogP contribution in [0.5, 0.6) is 5.75 Å². The molecule has 0 aliphatic heterocycles. The Labute approximate surface area is 163 Å². The molecule has 1 atom stereocenters. The Morgan fingerprint density at radius 2 is 1.68 bits per heavy atom. The van der Waals surface area contributed by atoms with Crippen LogP contribution >= 0.6 is 0 Å². The van der Waals surface area contributed by atoms with Crippen LogP contribution in [-0.4, -0.2) is 40.8 Å². The summed E-state index contributed by atoms with van der Waals surface area (Å²) in [4.78, 5) is 24.4. The average Bonchev–Trinajstić information content (AvgIpc) is 2.66. The molecule has 0 unspecified atom stereocenters. The summed E-state index contributed by atoms with van der Waals surface area (Å²) in [5.74, 6) is -0.441. The fourth-order valence-electron chi connectivity index (χ4n) is 2.59. The lowest BCUT2D eigenvalue weighted by Gasteiger charge is -2.18. The molecule has 9 heteroatoms. The fraction of sp³-hybridized carbons (Fsp3) is 0.263. The number of rotatable bonds is 8. The molecule has 1 amide bonds. The molecule has 0 fully saturated rings. The molecule has 8 nitrogen and oxygen atoms in total. The molecule has 28 heavy (non-hydrogen) atoms. The largest absolute Gasteiger partial charge is 0.497 e. The van der Waals surface area contributed by atoms with Crippen LogP contribution in [0.3, 0.4) is 0 Å². The molecule has 0 aliphatic rings. The number of amides is 1. The molecule has 0 spiro atoms. The van der Waals surface area contributed by atoms with Crippen molar-refractivity contribution in [1.29, 1.82) is 0 Å². The van der Waals surface area contributed by atoms with E-state index in [0.717, 1.165) is 6.26 Å². The van der Waals surface area contributed by atoms with Crippen molar-refractivity contribution < 1.29 is 27.5 Å². The maximum absolute atomic E-state index is 12.5. The van der Waals surface area contributed by atoms with E-state index in [1.807, 2.05) is 0 Å². The van der Waals surface area contributed by atoms with Crippen molar-refractivity contribution in [2.45, 2.75) is 12.5 Å². The van der Waals surface area contributed by atoms with E-state index < -0.39 is 27.9 Å². The van der Waals surface area contributed by atoms with Gasteiger partial charge >= 0.3 is 5.97 Å². The zero-order valence-corrected chi connectivity index (χ0v) is 16.6. The highest BCUT2D eigenvalue weighted by atomic mass is 32.2. The standard InChI is InChI=1S/C19H22N2O6S/c1-26-14-10-8-13(9-11-14)17(21-28(3,24)25)12-18(22)20-16-7-5-4-6-15(16)19(23)27-2/h4-11,17,21H,12H2,1-3H3,(H,20,22)/t17-/m0/s1. The van der Waals surface area contributed by atoms with Crippen molar-refractivity contribution in [3.63, 3.8) is 0 Å². The molecule has 2 aromatic carbocycles. The van der Waals surface area contributed by atoms with Gasteiger partial charge in [-0.1, -0.05) is 24.3 Å². The smallest absolute Gasteiger partial charge is 0.339 e.